The summed E-state index contributed by atoms with van der Waals surface area (Å²) >= 11 is 1.41. The van der Waals surface area contributed by atoms with Crippen molar-refractivity contribution in [3.05, 3.63) is 35.0 Å². The smallest absolute Gasteiger partial charge is 0.150 e. The SMILES string of the molecule is CCS(=O)(=O)CCCC(O)c1cc2cc(F)ccc2s1. The molecule has 1 heterocycles. The van der Waals surface area contributed by atoms with E-state index < -0.39 is 15.9 Å². The van der Waals surface area contributed by atoms with E-state index >= 15 is 0 Å². The van der Waals surface area contributed by atoms with E-state index in [1.54, 1.807) is 19.1 Å². The van der Waals surface area contributed by atoms with Crippen LogP contribution in [0.2, 0.25) is 0 Å². The first-order valence-corrected chi connectivity index (χ1v) is 9.12. The van der Waals surface area contributed by atoms with E-state index in [4.69, 9.17) is 0 Å². The molecule has 0 aliphatic heterocycles. The highest BCUT2D eigenvalue weighted by Gasteiger charge is 2.14. The van der Waals surface area contributed by atoms with Crippen molar-refractivity contribution in [3.8, 4) is 0 Å². The molecule has 0 radical (unpaired) electrons. The summed E-state index contributed by atoms with van der Waals surface area (Å²) in [6.45, 7) is 1.62. The number of sulfone groups is 1. The third-order valence-corrected chi connectivity index (χ3v) is 6.21. The summed E-state index contributed by atoms with van der Waals surface area (Å²) in [5.41, 5.74) is 0. The molecule has 2 aromatic rings. The van der Waals surface area contributed by atoms with Crippen LogP contribution in [0.3, 0.4) is 0 Å². The molecule has 3 nitrogen and oxygen atoms in total. The fourth-order valence-electron chi connectivity index (χ4n) is 1.98. The summed E-state index contributed by atoms with van der Waals surface area (Å²) in [5.74, 6) is -0.0731. The van der Waals surface area contributed by atoms with E-state index in [1.807, 2.05) is 0 Å². The second kappa shape index (κ2) is 6.20. The van der Waals surface area contributed by atoms with Crippen molar-refractivity contribution in [1.29, 1.82) is 0 Å². The Kier molecular flexibility index (Phi) is 4.78. The van der Waals surface area contributed by atoms with Crippen LogP contribution in [-0.2, 0) is 9.84 Å². The van der Waals surface area contributed by atoms with Crippen molar-refractivity contribution < 1.29 is 17.9 Å². The number of rotatable bonds is 6. The van der Waals surface area contributed by atoms with E-state index in [2.05, 4.69) is 0 Å². The molecule has 0 saturated carbocycles. The van der Waals surface area contributed by atoms with Crippen LogP contribution in [0.5, 0.6) is 0 Å². The Morgan fingerprint density at radius 1 is 1.35 bits per heavy atom. The normalized spacial score (nSPS) is 13.8. The average Bonchev–Trinajstić information content (AvgIpc) is 2.81. The third-order valence-electron chi connectivity index (χ3n) is 3.20. The van der Waals surface area contributed by atoms with Gasteiger partial charge < -0.3 is 5.11 Å². The average molecular weight is 316 g/mol. The van der Waals surface area contributed by atoms with Crippen LogP contribution in [-0.4, -0.2) is 25.0 Å². The summed E-state index contributed by atoms with van der Waals surface area (Å²) in [4.78, 5) is 0.750. The fourth-order valence-corrected chi connectivity index (χ4v) is 3.94. The molecular weight excluding hydrogens is 299 g/mol. The van der Waals surface area contributed by atoms with E-state index in [0.717, 1.165) is 15.0 Å². The molecule has 0 amide bonds. The topological polar surface area (TPSA) is 54.4 Å². The summed E-state index contributed by atoms with van der Waals surface area (Å²) < 4.78 is 36.8. The van der Waals surface area contributed by atoms with Crippen LogP contribution in [0, 0.1) is 5.82 Å². The van der Waals surface area contributed by atoms with Gasteiger partial charge in [0.2, 0.25) is 0 Å². The lowest BCUT2D eigenvalue weighted by atomic mass is 10.1. The van der Waals surface area contributed by atoms with Crippen molar-refractivity contribution in [3.63, 3.8) is 0 Å². The zero-order valence-corrected chi connectivity index (χ0v) is 12.8. The Morgan fingerprint density at radius 2 is 2.10 bits per heavy atom. The molecule has 0 aliphatic rings. The van der Waals surface area contributed by atoms with E-state index in [0.29, 0.717) is 12.8 Å². The molecule has 0 fully saturated rings. The van der Waals surface area contributed by atoms with E-state index in [-0.39, 0.29) is 17.3 Å². The quantitative estimate of drug-likeness (QED) is 0.889. The Hall–Kier alpha value is -0.980. The van der Waals surface area contributed by atoms with E-state index in [9.17, 15) is 17.9 Å². The molecule has 0 spiro atoms. The first kappa shape index (κ1) is 15.4. The second-order valence-electron chi connectivity index (χ2n) is 4.73. The highest BCUT2D eigenvalue weighted by atomic mass is 32.2. The van der Waals surface area contributed by atoms with E-state index in [1.165, 1.54) is 23.5 Å². The molecule has 1 N–H and O–H groups in total. The van der Waals surface area contributed by atoms with Gasteiger partial charge in [-0.15, -0.1) is 11.3 Å². The zero-order chi connectivity index (χ0) is 14.8. The number of aliphatic hydroxyl groups excluding tert-OH is 1. The van der Waals surface area contributed by atoms with Crippen LogP contribution < -0.4 is 0 Å². The van der Waals surface area contributed by atoms with Crippen molar-refractivity contribution in [2.45, 2.75) is 25.9 Å². The first-order chi connectivity index (χ1) is 9.41. The van der Waals surface area contributed by atoms with Gasteiger partial charge in [0.1, 0.15) is 15.7 Å². The lowest BCUT2D eigenvalue weighted by Gasteiger charge is -2.07. The van der Waals surface area contributed by atoms with Gasteiger partial charge >= 0.3 is 0 Å². The molecule has 1 aromatic heterocycles. The molecule has 110 valence electrons. The lowest BCUT2D eigenvalue weighted by Crippen LogP contribution is -2.09. The molecule has 0 saturated heterocycles. The van der Waals surface area contributed by atoms with Crippen LogP contribution in [0.1, 0.15) is 30.7 Å². The van der Waals surface area contributed by atoms with Gasteiger partial charge in [-0.3, -0.25) is 0 Å². The number of halogens is 1. The number of fused-ring (bicyclic) bond motifs is 1. The van der Waals surface area contributed by atoms with Crippen LogP contribution in [0.15, 0.2) is 24.3 Å². The zero-order valence-electron chi connectivity index (χ0n) is 11.2. The molecule has 2 rings (SSSR count). The van der Waals surface area contributed by atoms with Crippen LogP contribution in [0.25, 0.3) is 10.1 Å². The number of hydrogen-bond donors (Lipinski definition) is 1. The van der Waals surface area contributed by atoms with Gasteiger partial charge in [-0.25, -0.2) is 12.8 Å². The van der Waals surface area contributed by atoms with Gasteiger partial charge in [0.25, 0.3) is 0 Å². The van der Waals surface area contributed by atoms with Crippen molar-refractivity contribution in [2.24, 2.45) is 0 Å². The van der Waals surface area contributed by atoms with Crippen molar-refractivity contribution in [1.82, 2.24) is 0 Å². The number of thiophene rings is 1. The Morgan fingerprint density at radius 3 is 2.80 bits per heavy atom. The lowest BCUT2D eigenvalue weighted by molar-refractivity contribution is 0.170. The molecule has 1 aromatic carbocycles. The standard InChI is InChI=1S/C14H17FO3S2/c1-2-20(17,18)7-3-4-12(16)14-9-10-8-11(15)5-6-13(10)19-14/h5-6,8-9,12,16H,2-4,7H2,1H3. The summed E-state index contributed by atoms with van der Waals surface area (Å²) in [7, 11) is -2.98. The minimum absolute atomic E-state index is 0.0973. The van der Waals surface area contributed by atoms with Crippen LogP contribution >= 0.6 is 11.3 Å². The Bertz CT molecular complexity index is 692. The Labute approximate surface area is 122 Å². The maximum Gasteiger partial charge on any atom is 0.150 e. The molecular formula is C14H17FO3S2. The fraction of sp³-hybridized carbons (Fsp3) is 0.429. The van der Waals surface area contributed by atoms with Gasteiger partial charge in [-0.1, -0.05) is 6.92 Å². The molecule has 1 atom stereocenters. The predicted octanol–water partition coefficient (Wildman–Crippen LogP) is 3.29. The van der Waals surface area contributed by atoms with Crippen LogP contribution in [0.4, 0.5) is 4.39 Å². The Balaban J connectivity index is 2.02. The minimum atomic E-state index is -2.98. The number of hydrogen-bond acceptors (Lipinski definition) is 4. The number of aliphatic hydroxyl groups is 1. The van der Waals surface area contributed by atoms with Crippen molar-refractivity contribution in [2.75, 3.05) is 11.5 Å². The predicted molar refractivity (Wildman–Crippen MR) is 80.3 cm³/mol. The molecule has 20 heavy (non-hydrogen) atoms. The van der Waals surface area contributed by atoms with Gasteiger partial charge in [-0.05, 0) is 42.5 Å². The maximum absolute atomic E-state index is 13.1. The first-order valence-electron chi connectivity index (χ1n) is 6.49. The molecule has 6 heteroatoms. The highest BCUT2D eigenvalue weighted by molar-refractivity contribution is 7.91. The maximum atomic E-state index is 13.1. The largest absolute Gasteiger partial charge is 0.388 e. The molecule has 0 aliphatic carbocycles. The highest BCUT2D eigenvalue weighted by Crippen LogP contribution is 2.32. The van der Waals surface area contributed by atoms with Gasteiger partial charge in [-0.2, -0.15) is 0 Å². The third kappa shape index (κ3) is 3.77. The van der Waals surface area contributed by atoms with Gasteiger partial charge in [0.05, 0.1) is 11.9 Å². The number of benzene rings is 1. The molecule has 1 unspecified atom stereocenters. The summed E-state index contributed by atoms with van der Waals surface area (Å²) in [6, 6.07) is 6.28. The summed E-state index contributed by atoms with van der Waals surface area (Å²) in [5, 5.41) is 10.9. The second-order valence-corrected chi connectivity index (χ2v) is 8.31. The monoisotopic (exact) mass is 316 g/mol. The van der Waals surface area contributed by atoms with Gasteiger partial charge in [0.15, 0.2) is 0 Å². The molecule has 0 bridgehead atoms. The van der Waals surface area contributed by atoms with Crippen molar-refractivity contribution >= 4 is 31.3 Å². The summed E-state index contributed by atoms with van der Waals surface area (Å²) in [6.07, 6.45) is 0.136. The minimum Gasteiger partial charge on any atom is -0.388 e. The van der Waals surface area contributed by atoms with Gasteiger partial charge in [0, 0.05) is 15.3 Å².